The molecule has 31 heavy (non-hydrogen) atoms. The summed E-state index contributed by atoms with van der Waals surface area (Å²) in [7, 11) is 2.95. The summed E-state index contributed by atoms with van der Waals surface area (Å²) in [5, 5.41) is 11.9. The van der Waals surface area contributed by atoms with Gasteiger partial charge in [-0.3, -0.25) is 9.48 Å². The third-order valence-electron chi connectivity index (χ3n) is 4.90. The molecule has 0 radical (unpaired) electrons. The predicted molar refractivity (Wildman–Crippen MR) is 115 cm³/mol. The highest BCUT2D eigenvalue weighted by Gasteiger charge is 2.27. The fourth-order valence-corrected chi connectivity index (χ4v) is 3.40. The van der Waals surface area contributed by atoms with Gasteiger partial charge >= 0.3 is 5.97 Å². The van der Waals surface area contributed by atoms with Gasteiger partial charge in [-0.1, -0.05) is 41.0 Å². The fourth-order valence-electron chi connectivity index (χ4n) is 3.27. The SMILES string of the molecule is COC(=O)c1ccccc1NC(=O)c1cc(C2=NOC(c3ccc(Cl)cc3)C2)nn1C. The highest BCUT2D eigenvalue weighted by molar-refractivity contribution is 6.30. The fraction of sp³-hybridized carbons (Fsp3) is 0.182. The number of hydrogen-bond acceptors (Lipinski definition) is 6. The predicted octanol–water partition coefficient (Wildman–Crippen LogP) is 3.98. The molecule has 1 N–H and O–H groups in total. The van der Waals surface area contributed by atoms with E-state index in [1.165, 1.54) is 11.8 Å². The summed E-state index contributed by atoms with van der Waals surface area (Å²) in [6.07, 6.45) is 0.281. The Morgan fingerprint density at radius 1 is 1.19 bits per heavy atom. The number of carbonyl (C=O) groups is 2. The number of hydrogen-bond donors (Lipinski definition) is 1. The van der Waals surface area contributed by atoms with E-state index in [1.54, 1.807) is 49.5 Å². The van der Waals surface area contributed by atoms with Crippen molar-refractivity contribution in [2.24, 2.45) is 12.2 Å². The Bertz CT molecular complexity index is 1170. The maximum Gasteiger partial charge on any atom is 0.339 e. The van der Waals surface area contributed by atoms with Crippen LogP contribution >= 0.6 is 11.6 Å². The Labute approximate surface area is 183 Å². The summed E-state index contributed by atoms with van der Waals surface area (Å²) in [6, 6.07) is 15.6. The lowest BCUT2D eigenvalue weighted by atomic mass is 10.0. The average Bonchev–Trinajstić information content (AvgIpc) is 3.41. The van der Waals surface area contributed by atoms with Gasteiger partial charge in [-0.05, 0) is 35.9 Å². The standard InChI is InChI=1S/C22H19ClN4O4/c1-27-19(21(28)24-16-6-4-3-5-15(16)22(29)30-2)11-17(25-27)18-12-20(31-26-18)13-7-9-14(23)10-8-13/h3-11,20H,12H2,1-2H3,(H,24,28). The van der Waals surface area contributed by atoms with Crippen molar-refractivity contribution in [2.75, 3.05) is 12.4 Å². The van der Waals surface area contributed by atoms with Crippen LogP contribution in [0.15, 0.2) is 59.8 Å². The number of ether oxygens (including phenoxy) is 1. The molecule has 3 aromatic rings. The normalized spacial score (nSPS) is 15.2. The molecule has 0 bridgehead atoms. The molecule has 0 fully saturated rings. The van der Waals surface area contributed by atoms with Crippen molar-refractivity contribution in [1.82, 2.24) is 9.78 Å². The summed E-state index contributed by atoms with van der Waals surface area (Å²) in [6.45, 7) is 0. The van der Waals surface area contributed by atoms with E-state index in [9.17, 15) is 9.59 Å². The zero-order chi connectivity index (χ0) is 22.0. The van der Waals surface area contributed by atoms with Crippen molar-refractivity contribution in [3.63, 3.8) is 0 Å². The molecule has 0 spiro atoms. The molecule has 0 saturated heterocycles. The van der Waals surface area contributed by atoms with Crippen molar-refractivity contribution in [2.45, 2.75) is 12.5 Å². The summed E-state index contributed by atoms with van der Waals surface area (Å²) in [5.74, 6) is -0.946. The van der Waals surface area contributed by atoms with Gasteiger partial charge in [0, 0.05) is 18.5 Å². The Hall–Kier alpha value is -3.65. The molecule has 1 unspecified atom stereocenters. The van der Waals surface area contributed by atoms with Crippen molar-refractivity contribution in [3.05, 3.63) is 82.1 Å². The maximum atomic E-state index is 12.8. The monoisotopic (exact) mass is 438 g/mol. The van der Waals surface area contributed by atoms with Crippen LogP contribution in [0.1, 0.15) is 44.6 Å². The van der Waals surface area contributed by atoms with Crippen molar-refractivity contribution < 1.29 is 19.2 Å². The van der Waals surface area contributed by atoms with E-state index < -0.39 is 11.9 Å². The number of aromatic nitrogens is 2. The lowest BCUT2D eigenvalue weighted by molar-refractivity contribution is 0.0602. The number of nitrogens with zero attached hydrogens (tertiary/aromatic N) is 3. The Morgan fingerprint density at radius 2 is 1.94 bits per heavy atom. The average molecular weight is 439 g/mol. The van der Waals surface area contributed by atoms with E-state index in [0.717, 1.165) is 5.56 Å². The van der Waals surface area contributed by atoms with E-state index in [1.807, 2.05) is 12.1 Å². The second-order valence-electron chi connectivity index (χ2n) is 6.92. The van der Waals surface area contributed by atoms with Gasteiger partial charge in [0.2, 0.25) is 0 Å². The molecule has 0 saturated carbocycles. The van der Waals surface area contributed by atoms with E-state index in [2.05, 4.69) is 15.6 Å². The molecule has 1 aromatic heterocycles. The molecular formula is C22H19ClN4O4. The van der Waals surface area contributed by atoms with E-state index in [0.29, 0.717) is 34.2 Å². The Morgan fingerprint density at radius 3 is 2.68 bits per heavy atom. The first-order valence-corrected chi connectivity index (χ1v) is 9.85. The van der Waals surface area contributed by atoms with Gasteiger partial charge in [-0.25, -0.2) is 4.79 Å². The molecule has 1 amide bonds. The van der Waals surface area contributed by atoms with Crippen LogP contribution in [0.2, 0.25) is 5.02 Å². The number of halogens is 1. The molecule has 1 aliphatic rings. The van der Waals surface area contributed by atoms with Gasteiger partial charge in [-0.15, -0.1) is 0 Å². The van der Waals surface area contributed by atoms with E-state index >= 15 is 0 Å². The number of aryl methyl sites for hydroxylation is 1. The zero-order valence-electron chi connectivity index (χ0n) is 16.8. The van der Waals surface area contributed by atoms with Crippen LogP contribution in [0.4, 0.5) is 5.69 Å². The third kappa shape index (κ3) is 4.29. The minimum absolute atomic E-state index is 0.238. The number of benzene rings is 2. The summed E-state index contributed by atoms with van der Waals surface area (Å²) in [4.78, 5) is 30.3. The minimum Gasteiger partial charge on any atom is -0.465 e. The number of carbonyl (C=O) groups excluding carboxylic acids is 2. The molecule has 8 nitrogen and oxygen atoms in total. The van der Waals surface area contributed by atoms with Gasteiger partial charge in [0.25, 0.3) is 5.91 Å². The number of esters is 1. The molecule has 1 aliphatic heterocycles. The first kappa shape index (κ1) is 20.6. The van der Waals surface area contributed by atoms with Crippen molar-refractivity contribution in [1.29, 1.82) is 0 Å². The lowest BCUT2D eigenvalue weighted by Crippen LogP contribution is -2.18. The second-order valence-corrected chi connectivity index (χ2v) is 7.35. The first-order chi connectivity index (χ1) is 15.0. The highest BCUT2D eigenvalue weighted by Crippen LogP contribution is 2.30. The van der Waals surface area contributed by atoms with E-state index in [4.69, 9.17) is 21.2 Å². The summed E-state index contributed by atoms with van der Waals surface area (Å²) < 4.78 is 6.23. The van der Waals surface area contributed by atoms with Crippen LogP contribution < -0.4 is 5.32 Å². The Kier molecular flexibility index (Phi) is 5.73. The summed E-state index contributed by atoms with van der Waals surface area (Å²) in [5.41, 5.74) is 3.07. The number of anilines is 1. The number of nitrogens with one attached hydrogen (secondary N) is 1. The van der Waals surface area contributed by atoms with Gasteiger partial charge in [-0.2, -0.15) is 5.10 Å². The Balaban J connectivity index is 1.50. The smallest absolute Gasteiger partial charge is 0.339 e. The molecule has 1 atom stereocenters. The number of para-hydroxylation sites is 1. The molecule has 0 aliphatic carbocycles. The van der Waals surface area contributed by atoms with Crippen LogP contribution in [0, 0.1) is 0 Å². The first-order valence-electron chi connectivity index (χ1n) is 9.47. The molecule has 2 heterocycles. The van der Waals surface area contributed by atoms with Crippen LogP contribution in [-0.2, 0) is 16.6 Å². The van der Waals surface area contributed by atoms with Crippen LogP contribution in [0.25, 0.3) is 0 Å². The van der Waals surface area contributed by atoms with Crippen LogP contribution in [0.5, 0.6) is 0 Å². The molecule has 158 valence electrons. The van der Waals surface area contributed by atoms with Gasteiger partial charge in [0.05, 0.1) is 18.4 Å². The highest BCUT2D eigenvalue weighted by atomic mass is 35.5. The number of methoxy groups -OCH3 is 1. The van der Waals surface area contributed by atoms with Crippen LogP contribution in [-0.4, -0.2) is 34.5 Å². The number of rotatable bonds is 5. The topological polar surface area (TPSA) is 94.8 Å². The number of amides is 1. The third-order valence-corrected chi connectivity index (χ3v) is 5.15. The minimum atomic E-state index is -0.535. The quantitative estimate of drug-likeness (QED) is 0.608. The molecule has 9 heteroatoms. The second kappa shape index (κ2) is 8.61. The number of oxime groups is 1. The van der Waals surface area contributed by atoms with Crippen LogP contribution in [0.3, 0.4) is 0 Å². The van der Waals surface area contributed by atoms with Crippen molar-refractivity contribution >= 4 is 34.9 Å². The van der Waals surface area contributed by atoms with Gasteiger partial charge < -0.3 is 14.9 Å². The van der Waals surface area contributed by atoms with Crippen molar-refractivity contribution in [3.8, 4) is 0 Å². The molecule has 2 aromatic carbocycles. The summed E-state index contributed by atoms with van der Waals surface area (Å²) >= 11 is 5.94. The van der Waals surface area contributed by atoms with E-state index in [-0.39, 0.29) is 11.7 Å². The largest absolute Gasteiger partial charge is 0.465 e. The lowest BCUT2D eigenvalue weighted by Gasteiger charge is -2.09. The molecular weight excluding hydrogens is 420 g/mol. The maximum absolute atomic E-state index is 12.8. The molecule has 4 rings (SSSR count). The van der Waals surface area contributed by atoms with Gasteiger partial charge in [0.1, 0.15) is 17.1 Å². The zero-order valence-corrected chi connectivity index (χ0v) is 17.6. The van der Waals surface area contributed by atoms with Gasteiger partial charge in [0.15, 0.2) is 6.10 Å².